The molecule has 152 valence electrons. The third-order valence-electron chi connectivity index (χ3n) is 5.38. The average Bonchev–Trinajstić information content (AvgIpc) is 3.12. The van der Waals surface area contributed by atoms with Crippen LogP contribution in [-0.2, 0) is 13.0 Å². The van der Waals surface area contributed by atoms with Gasteiger partial charge in [0.2, 0.25) is 5.88 Å². The number of nitrogens with zero attached hydrogens (tertiary/aromatic N) is 5. The van der Waals surface area contributed by atoms with Crippen LogP contribution in [0.5, 0.6) is 5.88 Å². The molecule has 1 saturated carbocycles. The van der Waals surface area contributed by atoms with Crippen molar-refractivity contribution < 1.29 is 13.9 Å². The minimum absolute atomic E-state index is 0.104. The molecule has 8 nitrogen and oxygen atoms in total. The van der Waals surface area contributed by atoms with Crippen LogP contribution in [0, 0.1) is 5.92 Å². The highest BCUT2D eigenvalue weighted by atomic mass is 16.5. The van der Waals surface area contributed by atoms with Crippen LogP contribution in [0.2, 0.25) is 0 Å². The number of hydrogen-bond donors (Lipinski definition) is 0. The number of rotatable bonds is 7. The summed E-state index contributed by atoms with van der Waals surface area (Å²) >= 11 is 0. The standard InChI is InChI=1S/C21H25N5O3/c1-5-17-16(11-22-26(17)19-8-9-20(28-4)24-23-19)21(27)25(3)12-14-6-7-18(29-14)15-10-13(15)2/h6-9,11,13,15H,5,10,12H2,1-4H3/t13-,15-/m1/s1. The van der Waals surface area contributed by atoms with Crippen LogP contribution in [0.4, 0.5) is 0 Å². The Morgan fingerprint density at radius 2 is 2.10 bits per heavy atom. The minimum Gasteiger partial charge on any atom is -0.480 e. The second-order valence-electron chi connectivity index (χ2n) is 7.49. The van der Waals surface area contributed by atoms with Gasteiger partial charge in [0.05, 0.1) is 31.1 Å². The topological polar surface area (TPSA) is 86.3 Å². The van der Waals surface area contributed by atoms with Crippen molar-refractivity contribution in [2.75, 3.05) is 14.2 Å². The maximum absolute atomic E-state index is 13.1. The van der Waals surface area contributed by atoms with Crippen LogP contribution >= 0.6 is 0 Å². The zero-order chi connectivity index (χ0) is 20.5. The Morgan fingerprint density at radius 1 is 1.31 bits per heavy atom. The number of ether oxygens (including phenoxy) is 1. The first kappa shape index (κ1) is 19.2. The molecule has 1 aliphatic carbocycles. The molecule has 0 spiro atoms. The van der Waals surface area contributed by atoms with E-state index in [0.29, 0.717) is 42.1 Å². The average molecular weight is 395 g/mol. The first-order valence-electron chi connectivity index (χ1n) is 9.80. The summed E-state index contributed by atoms with van der Waals surface area (Å²) in [6.45, 7) is 4.62. The fourth-order valence-electron chi connectivity index (χ4n) is 3.53. The van der Waals surface area contributed by atoms with Crippen molar-refractivity contribution in [3.05, 3.63) is 53.2 Å². The summed E-state index contributed by atoms with van der Waals surface area (Å²) in [5.74, 6) is 3.89. The second kappa shape index (κ2) is 7.69. The van der Waals surface area contributed by atoms with Gasteiger partial charge in [-0.3, -0.25) is 4.79 Å². The van der Waals surface area contributed by atoms with Gasteiger partial charge >= 0.3 is 0 Å². The number of furan rings is 1. The van der Waals surface area contributed by atoms with Gasteiger partial charge in [0.1, 0.15) is 11.5 Å². The lowest BCUT2D eigenvalue weighted by atomic mass is 10.2. The zero-order valence-corrected chi connectivity index (χ0v) is 17.1. The number of aromatic nitrogens is 4. The largest absolute Gasteiger partial charge is 0.480 e. The Balaban J connectivity index is 1.51. The highest BCUT2D eigenvalue weighted by Crippen LogP contribution is 2.47. The first-order valence-corrected chi connectivity index (χ1v) is 9.80. The summed E-state index contributed by atoms with van der Waals surface area (Å²) in [6.07, 6.45) is 3.39. The summed E-state index contributed by atoms with van der Waals surface area (Å²) in [6, 6.07) is 7.46. The van der Waals surface area contributed by atoms with E-state index in [1.165, 1.54) is 13.5 Å². The summed E-state index contributed by atoms with van der Waals surface area (Å²) in [7, 11) is 3.31. The monoisotopic (exact) mass is 395 g/mol. The van der Waals surface area contributed by atoms with Crippen molar-refractivity contribution in [3.8, 4) is 11.7 Å². The SMILES string of the molecule is CCc1c(C(=O)N(C)Cc2ccc([C@@H]3C[C@H]3C)o2)cnn1-c1ccc(OC)nn1. The Bertz CT molecular complexity index is 1010. The molecule has 0 unspecified atom stereocenters. The van der Waals surface area contributed by atoms with Crippen molar-refractivity contribution in [2.45, 2.75) is 39.2 Å². The van der Waals surface area contributed by atoms with E-state index in [4.69, 9.17) is 9.15 Å². The second-order valence-corrected chi connectivity index (χ2v) is 7.49. The molecular weight excluding hydrogens is 370 g/mol. The Kier molecular flexibility index (Phi) is 5.08. The quantitative estimate of drug-likeness (QED) is 0.610. The minimum atomic E-state index is -0.104. The van der Waals surface area contributed by atoms with Crippen LogP contribution in [0.1, 0.15) is 53.8 Å². The molecule has 1 amide bonds. The van der Waals surface area contributed by atoms with Gasteiger partial charge in [-0.05, 0) is 37.0 Å². The molecule has 0 radical (unpaired) electrons. The number of carbonyl (C=O) groups excluding carboxylic acids is 1. The number of hydrogen-bond acceptors (Lipinski definition) is 6. The molecule has 0 saturated heterocycles. The first-order chi connectivity index (χ1) is 14.0. The molecule has 3 heterocycles. The highest BCUT2D eigenvalue weighted by Gasteiger charge is 2.36. The van der Waals surface area contributed by atoms with Crippen molar-refractivity contribution in [2.24, 2.45) is 5.92 Å². The Hall–Kier alpha value is -3.16. The van der Waals surface area contributed by atoms with Crippen LogP contribution < -0.4 is 4.74 Å². The lowest BCUT2D eigenvalue weighted by Crippen LogP contribution is -2.26. The fourth-order valence-corrected chi connectivity index (χ4v) is 3.53. The Labute approximate surface area is 169 Å². The van der Waals surface area contributed by atoms with E-state index in [2.05, 4.69) is 22.2 Å². The molecule has 3 aromatic heterocycles. The maximum Gasteiger partial charge on any atom is 0.257 e. The molecule has 1 fully saturated rings. The van der Waals surface area contributed by atoms with Crippen molar-refractivity contribution in [1.29, 1.82) is 0 Å². The van der Waals surface area contributed by atoms with Crippen molar-refractivity contribution in [1.82, 2.24) is 24.9 Å². The van der Waals surface area contributed by atoms with Gasteiger partial charge in [-0.25, -0.2) is 4.68 Å². The van der Waals surface area contributed by atoms with Crippen LogP contribution in [0.25, 0.3) is 5.82 Å². The van der Waals surface area contributed by atoms with E-state index in [1.54, 1.807) is 35.0 Å². The normalized spacial score (nSPS) is 17.9. The van der Waals surface area contributed by atoms with Gasteiger partial charge in [0.25, 0.3) is 5.91 Å². The van der Waals surface area contributed by atoms with Crippen LogP contribution in [-0.4, -0.2) is 44.9 Å². The van der Waals surface area contributed by atoms with Crippen LogP contribution in [0.3, 0.4) is 0 Å². The molecule has 0 aliphatic heterocycles. The molecule has 29 heavy (non-hydrogen) atoms. The summed E-state index contributed by atoms with van der Waals surface area (Å²) in [5, 5.41) is 12.5. The van der Waals surface area contributed by atoms with Gasteiger partial charge < -0.3 is 14.1 Å². The van der Waals surface area contributed by atoms with Gasteiger partial charge in [-0.1, -0.05) is 13.8 Å². The van der Waals surface area contributed by atoms with E-state index in [-0.39, 0.29) is 5.91 Å². The summed E-state index contributed by atoms with van der Waals surface area (Å²) in [4.78, 5) is 14.7. The van der Waals surface area contributed by atoms with Crippen molar-refractivity contribution >= 4 is 5.91 Å². The fraction of sp³-hybridized carbons (Fsp3) is 0.429. The maximum atomic E-state index is 13.1. The molecule has 1 aliphatic rings. The molecule has 0 bridgehead atoms. The zero-order valence-electron chi connectivity index (χ0n) is 17.1. The number of carbonyl (C=O) groups is 1. The van der Waals surface area contributed by atoms with Crippen molar-refractivity contribution in [3.63, 3.8) is 0 Å². The van der Waals surface area contributed by atoms with Gasteiger partial charge in [-0.15, -0.1) is 10.2 Å². The Morgan fingerprint density at radius 3 is 2.72 bits per heavy atom. The predicted octanol–water partition coefficient (Wildman–Crippen LogP) is 3.22. The number of methoxy groups -OCH3 is 1. The molecular formula is C21H25N5O3. The third-order valence-corrected chi connectivity index (χ3v) is 5.38. The van der Waals surface area contributed by atoms with Gasteiger partial charge in [0, 0.05) is 19.0 Å². The van der Waals surface area contributed by atoms with E-state index >= 15 is 0 Å². The third kappa shape index (κ3) is 3.74. The molecule has 0 N–H and O–H groups in total. The summed E-state index contributed by atoms with van der Waals surface area (Å²) in [5.41, 5.74) is 1.34. The van der Waals surface area contributed by atoms with E-state index in [1.807, 2.05) is 19.1 Å². The lowest BCUT2D eigenvalue weighted by Gasteiger charge is -2.16. The molecule has 4 rings (SSSR count). The van der Waals surface area contributed by atoms with Gasteiger partial charge in [0.15, 0.2) is 5.82 Å². The van der Waals surface area contributed by atoms with E-state index in [9.17, 15) is 4.79 Å². The van der Waals surface area contributed by atoms with Gasteiger partial charge in [-0.2, -0.15) is 5.10 Å². The summed E-state index contributed by atoms with van der Waals surface area (Å²) < 4.78 is 12.6. The molecule has 0 aromatic carbocycles. The number of amides is 1. The molecule has 8 heteroatoms. The highest BCUT2D eigenvalue weighted by molar-refractivity contribution is 5.95. The lowest BCUT2D eigenvalue weighted by molar-refractivity contribution is 0.0773. The van der Waals surface area contributed by atoms with Crippen LogP contribution in [0.15, 0.2) is 34.9 Å². The predicted molar refractivity (Wildman–Crippen MR) is 106 cm³/mol. The molecule has 3 aromatic rings. The molecule has 2 atom stereocenters. The van der Waals surface area contributed by atoms with E-state index in [0.717, 1.165) is 17.2 Å². The smallest absolute Gasteiger partial charge is 0.257 e. The van der Waals surface area contributed by atoms with E-state index < -0.39 is 0 Å².